The van der Waals surface area contributed by atoms with Crippen molar-refractivity contribution < 1.29 is 9.53 Å². The number of hydrogen-bond acceptors (Lipinski definition) is 2. The Labute approximate surface area is 62.6 Å². The molecule has 1 unspecified atom stereocenters. The van der Waals surface area contributed by atoms with E-state index in [1.165, 1.54) is 6.92 Å². The van der Waals surface area contributed by atoms with Gasteiger partial charge in [-0.1, -0.05) is 6.92 Å². The second-order valence-electron chi connectivity index (χ2n) is 2.65. The minimum Gasteiger partial charge on any atom is -0.460 e. The fraction of sp³-hybridized carbons (Fsp3) is 0.750. The predicted molar refractivity (Wildman–Crippen MR) is 40.4 cm³/mol. The van der Waals surface area contributed by atoms with Gasteiger partial charge in [-0.3, -0.25) is 4.79 Å². The van der Waals surface area contributed by atoms with Gasteiger partial charge in [-0.05, 0) is 26.7 Å². The van der Waals surface area contributed by atoms with Crippen LogP contribution in [0, 0.1) is 6.92 Å². The molecule has 0 aromatic carbocycles. The Kier molecular flexibility index (Phi) is 3.40. The van der Waals surface area contributed by atoms with Crippen molar-refractivity contribution >= 4 is 5.97 Å². The zero-order valence-electron chi connectivity index (χ0n) is 6.94. The highest BCUT2D eigenvalue weighted by Crippen LogP contribution is 2.18. The van der Waals surface area contributed by atoms with Crippen molar-refractivity contribution in [3.63, 3.8) is 0 Å². The van der Waals surface area contributed by atoms with Gasteiger partial charge in [-0.15, -0.1) is 0 Å². The average Bonchev–Trinajstić information content (AvgIpc) is 1.87. The first-order chi connectivity index (χ1) is 4.54. The molecule has 0 saturated carbocycles. The molecule has 0 spiro atoms. The van der Waals surface area contributed by atoms with E-state index in [1.807, 2.05) is 13.8 Å². The molecule has 0 aromatic rings. The van der Waals surface area contributed by atoms with Crippen LogP contribution in [0.15, 0.2) is 0 Å². The molecule has 0 N–H and O–H groups in total. The molecule has 0 fully saturated rings. The topological polar surface area (TPSA) is 26.3 Å². The van der Waals surface area contributed by atoms with Gasteiger partial charge >= 0.3 is 5.97 Å². The van der Waals surface area contributed by atoms with E-state index in [0.717, 1.165) is 6.42 Å². The minimum absolute atomic E-state index is 0.229. The first kappa shape index (κ1) is 9.47. The fourth-order valence-electron chi connectivity index (χ4n) is 0.647. The molecule has 2 nitrogen and oxygen atoms in total. The summed E-state index contributed by atoms with van der Waals surface area (Å²) in [7, 11) is 0. The van der Waals surface area contributed by atoms with Gasteiger partial charge < -0.3 is 4.74 Å². The predicted octanol–water partition coefficient (Wildman–Crippen LogP) is 1.94. The Hall–Kier alpha value is -0.530. The number of carbonyl (C=O) groups excluding carboxylic acids is 1. The summed E-state index contributed by atoms with van der Waals surface area (Å²) in [5.74, 6) is -0.229. The van der Waals surface area contributed by atoms with Crippen molar-refractivity contribution in [1.82, 2.24) is 0 Å². The van der Waals surface area contributed by atoms with E-state index in [-0.39, 0.29) is 11.6 Å². The summed E-state index contributed by atoms with van der Waals surface area (Å²) >= 11 is 0. The normalized spacial score (nSPS) is 11.2. The lowest BCUT2D eigenvalue weighted by atomic mass is 10.0. The van der Waals surface area contributed by atoms with Crippen LogP contribution in [0.3, 0.4) is 0 Å². The zero-order chi connectivity index (χ0) is 8.20. The molecule has 2 heteroatoms. The summed E-state index contributed by atoms with van der Waals surface area (Å²) < 4.78 is 5.03. The molecule has 0 aliphatic carbocycles. The third kappa shape index (κ3) is 2.85. The molecule has 0 bridgehead atoms. The Morgan fingerprint density at radius 3 is 2.30 bits per heavy atom. The SMILES string of the molecule is [CH2]CC(C)(CC)OC(C)=O. The van der Waals surface area contributed by atoms with Crippen LogP contribution in [-0.4, -0.2) is 11.6 Å². The molecule has 1 atom stereocenters. The van der Waals surface area contributed by atoms with E-state index < -0.39 is 0 Å². The lowest BCUT2D eigenvalue weighted by Gasteiger charge is -2.25. The third-order valence-electron chi connectivity index (χ3n) is 1.67. The molecule has 0 aromatic heterocycles. The highest BCUT2D eigenvalue weighted by atomic mass is 16.6. The van der Waals surface area contributed by atoms with Crippen LogP contribution in [0.5, 0.6) is 0 Å². The van der Waals surface area contributed by atoms with Gasteiger partial charge in [0, 0.05) is 6.92 Å². The Morgan fingerprint density at radius 1 is 1.70 bits per heavy atom. The van der Waals surface area contributed by atoms with Crippen molar-refractivity contribution in [3.05, 3.63) is 6.92 Å². The van der Waals surface area contributed by atoms with Crippen molar-refractivity contribution in [2.24, 2.45) is 0 Å². The first-order valence-corrected chi connectivity index (χ1v) is 3.53. The van der Waals surface area contributed by atoms with E-state index in [1.54, 1.807) is 0 Å². The molecule has 0 rings (SSSR count). The van der Waals surface area contributed by atoms with E-state index in [0.29, 0.717) is 6.42 Å². The van der Waals surface area contributed by atoms with Crippen LogP contribution in [-0.2, 0) is 9.53 Å². The summed E-state index contributed by atoms with van der Waals surface area (Å²) in [6.07, 6.45) is 1.44. The van der Waals surface area contributed by atoms with Gasteiger partial charge in [0.1, 0.15) is 5.60 Å². The lowest BCUT2D eigenvalue weighted by molar-refractivity contribution is -0.155. The molecule has 10 heavy (non-hydrogen) atoms. The van der Waals surface area contributed by atoms with Crippen LogP contribution in [0.25, 0.3) is 0 Å². The van der Waals surface area contributed by atoms with Crippen molar-refractivity contribution in [3.8, 4) is 0 Å². The van der Waals surface area contributed by atoms with E-state index in [4.69, 9.17) is 4.74 Å². The van der Waals surface area contributed by atoms with E-state index in [9.17, 15) is 4.79 Å². The van der Waals surface area contributed by atoms with Crippen LogP contribution < -0.4 is 0 Å². The molecule has 59 valence electrons. The number of ether oxygens (including phenoxy) is 1. The number of rotatable bonds is 3. The van der Waals surface area contributed by atoms with Crippen LogP contribution in [0.2, 0.25) is 0 Å². The summed E-state index contributed by atoms with van der Waals surface area (Å²) in [4.78, 5) is 10.5. The molecule has 0 amide bonds. The molecule has 0 saturated heterocycles. The minimum atomic E-state index is -0.355. The Bertz CT molecular complexity index is 114. The van der Waals surface area contributed by atoms with Gasteiger partial charge in [0.2, 0.25) is 0 Å². The average molecular weight is 143 g/mol. The maximum atomic E-state index is 10.5. The number of hydrogen-bond donors (Lipinski definition) is 0. The molecule has 0 aliphatic rings. The van der Waals surface area contributed by atoms with Gasteiger partial charge in [0.25, 0.3) is 0 Å². The molecular weight excluding hydrogens is 128 g/mol. The summed E-state index contributed by atoms with van der Waals surface area (Å²) in [6, 6.07) is 0. The van der Waals surface area contributed by atoms with Crippen molar-refractivity contribution in [2.45, 2.75) is 39.2 Å². The Morgan fingerprint density at radius 2 is 2.20 bits per heavy atom. The van der Waals surface area contributed by atoms with Gasteiger partial charge in [0.15, 0.2) is 0 Å². The quantitative estimate of drug-likeness (QED) is 0.564. The highest BCUT2D eigenvalue weighted by molar-refractivity contribution is 5.66. The van der Waals surface area contributed by atoms with Crippen molar-refractivity contribution in [1.29, 1.82) is 0 Å². The zero-order valence-corrected chi connectivity index (χ0v) is 6.94. The maximum absolute atomic E-state index is 10.5. The van der Waals surface area contributed by atoms with Gasteiger partial charge in [-0.25, -0.2) is 0 Å². The molecule has 0 aliphatic heterocycles. The largest absolute Gasteiger partial charge is 0.460 e. The van der Waals surface area contributed by atoms with Crippen LogP contribution >= 0.6 is 0 Å². The van der Waals surface area contributed by atoms with Gasteiger partial charge in [0.05, 0.1) is 0 Å². The van der Waals surface area contributed by atoms with Crippen molar-refractivity contribution in [2.75, 3.05) is 0 Å². The standard InChI is InChI=1S/C8H15O2/c1-5-8(4,6-2)10-7(3)9/h1,5-6H2,2-4H3. The monoisotopic (exact) mass is 143 g/mol. The van der Waals surface area contributed by atoms with Crippen LogP contribution in [0.1, 0.15) is 33.6 Å². The second-order valence-corrected chi connectivity index (χ2v) is 2.65. The smallest absolute Gasteiger partial charge is 0.303 e. The van der Waals surface area contributed by atoms with Crippen LogP contribution in [0.4, 0.5) is 0 Å². The summed E-state index contributed by atoms with van der Waals surface area (Å²) in [6.45, 7) is 9.00. The molecular formula is C8H15O2. The fourth-order valence-corrected chi connectivity index (χ4v) is 0.647. The highest BCUT2D eigenvalue weighted by Gasteiger charge is 2.22. The van der Waals surface area contributed by atoms with Gasteiger partial charge in [-0.2, -0.15) is 0 Å². The summed E-state index contributed by atoms with van der Waals surface area (Å²) in [5.41, 5.74) is -0.355. The molecule has 0 heterocycles. The lowest BCUT2D eigenvalue weighted by Crippen LogP contribution is -2.28. The maximum Gasteiger partial charge on any atom is 0.303 e. The first-order valence-electron chi connectivity index (χ1n) is 3.53. The third-order valence-corrected chi connectivity index (χ3v) is 1.67. The van der Waals surface area contributed by atoms with E-state index in [2.05, 4.69) is 6.92 Å². The number of esters is 1. The van der Waals surface area contributed by atoms with E-state index >= 15 is 0 Å². The molecule has 1 radical (unpaired) electrons. The Balaban J connectivity index is 3.92. The number of carbonyl (C=O) groups is 1. The summed E-state index contributed by atoms with van der Waals surface area (Å²) in [5, 5.41) is 0. The second kappa shape index (κ2) is 3.59.